The molecule has 5 heteroatoms. The number of carbonyl (C=O) groups excluding carboxylic acids is 1. The van der Waals surface area contributed by atoms with E-state index in [2.05, 4.69) is 4.90 Å². The Bertz CT molecular complexity index is 593. The average Bonchev–Trinajstić information content (AvgIpc) is 3.20. The van der Waals surface area contributed by atoms with Crippen molar-refractivity contribution >= 4 is 12.0 Å². The summed E-state index contributed by atoms with van der Waals surface area (Å²) < 4.78 is 10.5. The first-order chi connectivity index (χ1) is 12.2. The Morgan fingerprint density at radius 3 is 2.16 bits per heavy atom. The quantitative estimate of drug-likeness (QED) is 0.771. The van der Waals surface area contributed by atoms with Crippen LogP contribution in [0.1, 0.15) is 31.2 Å². The Morgan fingerprint density at radius 1 is 1.00 bits per heavy atom. The molecule has 1 aromatic carbocycles. The van der Waals surface area contributed by atoms with E-state index >= 15 is 0 Å². The fraction of sp³-hybridized carbons (Fsp3) is 0.550. The summed E-state index contributed by atoms with van der Waals surface area (Å²) >= 11 is 0. The summed E-state index contributed by atoms with van der Waals surface area (Å²) in [5, 5.41) is 0. The van der Waals surface area contributed by atoms with E-state index in [1.54, 1.807) is 20.3 Å². The minimum absolute atomic E-state index is 0.0849. The number of ether oxygens (including phenoxy) is 2. The highest BCUT2D eigenvalue weighted by Crippen LogP contribution is 2.24. The van der Waals surface area contributed by atoms with Crippen molar-refractivity contribution in [3.63, 3.8) is 0 Å². The topological polar surface area (TPSA) is 42.0 Å². The van der Waals surface area contributed by atoms with Gasteiger partial charge in [-0.3, -0.25) is 4.79 Å². The predicted octanol–water partition coefficient (Wildman–Crippen LogP) is 2.80. The molecule has 1 amide bonds. The molecule has 1 aromatic rings. The van der Waals surface area contributed by atoms with Crippen molar-refractivity contribution in [2.45, 2.75) is 31.7 Å². The van der Waals surface area contributed by atoms with Crippen LogP contribution in [0.5, 0.6) is 11.5 Å². The van der Waals surface area contributed by atoms with Crippen LogP contribution in [0.15, 0.2) is 24.3 Å². The molecule has 5 nitrogen and oxygen atoms in total. The molecular formula is C20H28N2O3. The summed E-state index contributed by atoms with van der Waals surface area (Å²) in [4.78, 5) is 17.0. The normalized spacial score (nSPS) is 19.5. The molecule has 0 atom stereocenters. The lowest BCUT2D eigenvalue weighted by Gasteiger charge is -2.36. The summed E-state index contributed by atoms with van der Waals surface area (Å²) in [7, 11) is 3.25. The summed E-state index contributed by atoms with van der Waals surface area (Å²) in [6.45, 7) is 4.17. The number of carbonyl (C=O) groups is 1. The first kappa shape index (κ1) is 17.8. The van der Waals surface area contributed by atoms with Crippen molar-refractivity contribution in [3.8, 4) is 11.5 Å². The first-order valence-electron chi connectivity index (χ1n) is 9.13. The summed E-state index contributed by atoms with van der Waals surface area (Å²) in [6.07, 6.45) is 8.32. The van der Waals surface area contributed by atoms with Gasteiger partial charge in [0.1, 0.15) is 11.5 Å². The van der Waals surface area contributed by atoms with Crippen molar-refractivity contribution in [1.29, 1.82) is 0 Å². The van der Waals surface area contributed by atoms with Crippen LogP contribution < -0.4 is 9.47 Å². The molecule has 2 saturated heterocycles. The monoisotopic (exact) mass is 344 g/mol. The van der Waals surface area contributed by atoms with E-state index in [-0.39, 0.29) is 5.91 Å². The molecule has 0 bridgehead atoms. The highest BCUT2D eigenvalue weighted by atomic mass is 16.5. The van der Waals surface area contributed by atoms with Gasteiger partial charge in [-0.15, -0.1) is 0 Å². The number of hydrogen-bond acceptors (Lipinski definition) is 4. The molecule has 0 N–H and O–H groups in total. The molecule has 25 heavy (non-hydrogen) atoms. The van der Waals surface area contributed by atoms with E-state index in [0.29, 0.717) is 6.04 Å². The molecular weight excluding hydrogens is 316 g/mol. The second-order valence-electron chi connectivity index (χ2n) is 6.78. The van der Waals surface area contributed by atoms with Crippen molar-refractivity contribution in [1.82, 2.24) is 9.80 Å². The number of hydrogen-bond donors (Lipinski definition) is 0. The van der Waals surface area contributed by atoms with Gasteiger partial charge < -0.3 is 19.3 Å². The lowest BCUT2D eigenvalue weighted by molar-refractivity contribution is -0.127. The molecule has 2 fully saturated rings. The largest absolute Gasteiger partial charge is 0.497 e. The van der Waals surface area contributed by atoms with Gasteiger partial charge in [-0.25, -0.2) is 0 Å². The van der Waals surface area contributed by atoms with Crippen LogP contribution in [0.3, 0.4) is 0 Å². The Kier molecular flexibility index (Phi) is 5.97. The van der Waals surface area contributed by atoms with Crippen LogP contribution in [-0.2, 0) is 4.79 Å². The average molecular weight is 344 g/mol. The van der Waals surface area contributed by atoms with Gasteiger partial charge in [-0.05, 0) is 62.5 Å². The molecule has 0 radical (unpaired) electrons. The maximum atomic E-state index is 12.5. The first-order valence-corrected chi connectivity index (χ1v) is 9.13. The Morgan fingerprint density at radius 2 is 1.60 bits per heavy atom. The maximum Gasteiger partial charge on any atom is 0.246 e. The zero-order valence-electron chi connectivity index (χ0n) is 15.2. The van der Waals surface area contributed by atoms with Crippen LogP contribution in [0.2, 0.25) is 0 Å². The molecule has 136 valence electrons. The molecule has 0 spiro atoms. The van der Waals surface area contributed by atoms with Crippen molar-refractivity contribution < 1.29 is 14.3 Å². The minimum atomic E-state index is 0.0849. The Hall–Kier alpha value is -2.01. The van der Waals surface area contributed by atoms with E-state index in [1.807, 2.05) is 29.2 Å². The molecule has 0 aliphatic carbocycles. The fourth-order valence-electron chi connectivity index (χ4n) is 3.76. The van der Waals surface area contributed by atoms with E-state index in [1.165, 1.54) is 25.9 Å². The second kappa shape index (κ2) is 8.39. The second-order valence-corrected chi connectivity index (χ2v) is 6.78. The lowest BCUT2D eigenvalue weighted by atomic mass is 10.0. The van der Waals surface area contributed by atoms with Crippen LogP contribution >= 0.6 is 0 Å². The molecule has 0 saturated carbocycles. The van der Waals surface area contributed by atoms with Gasteiger partial charge >= 0.3 is 0 Å². The van der Waals surface area contributed by atoms with Gasteiger partial charge in [0.05, 0.1) is 14.2 Å². The van der Waals surface area contributed by atoms with Gasteiger partial charge in [-0.2, -0.15) is 0 Å². The zero-order chi connectivity index (χ0) is 17.6. The number of likely N-dealkylation sites (tertiary alicyclic amines) is 2. The van der Waals surface area contributed by atoms with E-state index in [9.17, 15) is 4.79 Å². The van der Waals surface area contributed by atoms with Crippen LogP contribution in [0.25, 0.3) is 6.08 Å². The summed E-state index contributed by atoms with van der Waals surface area (Å²) in [5.74, 6) is 1.53. The van der Waals surface area contributed by atoms with Crippen LogP contribution in [0.4, 0.5) is 0 Å². The van der Waals surface area contributed by atoms with Gasteiger partial charge in [0.25, 0.3) is 0 Å². The third-order valence-electron chi connectivity index (χ3n) is 5.23. The van der Waals surface area contributed by atoms with Gasteiger partial charge in [0, 0.05) is 31.3 Å². The molecule has 2 aliphatic rings. The fourth-order valence-corrected chi connectivity index (χ4v) is 3.76. The number of piperidine rings is 1. The highest BCUT2D eigenvalue weighted by Gasteiger charge is 2.27. The zero-order valence-corrected chi connectivity index (χ0v) is 15.2. The van der Waals surface area contributed by atoms with Gasteiger partial charge in [-0.1, -0.05) is 0 Å². The Labute approximate surface area is 150 Å². The van der Waals surface area contributed by atoms with E-state index in [0.717, 1.165) is 43.0 Å². The smallest absolute Gasteiger partial charge is 0.246 e. The maximum absolute atomic E-state index is 12.5. The summed E-state index contributed by atoms with van der Waals surface area (Å²) in [5.41, 5.74) is 0.900. The molecule has 0 aromatic heterocycles. The standard InChI is InChI=1S/C20H28N2O3/c1-24-18-13-16(14-19(15-18)25-2)5-6-20(23)22-11-7-17(8-12-22)21-9-3-4-10-21/h5-6,13-15,17H,3-4,7-12H2,1-2H3/b6-5-. The highest BCUT2D eigenvalue weighted by molar-refractivity contribution is 5.92. The minimum Gasteiger partial charge on any atom is -0.497 e. The molecule has 2 aliphatic heterocycles. The molecule has 3 rings (SSSR count). The lowest BCUT2D eigenvalue weighted by Crippen LogP contribution is -2.45. The van der Waals surface area contributed by atoms with Gasteiger partial charge in [0.15, 0.2) is 0 Å². The van der Waals surface area contributed by atoms with Gasteiger partial charge in [0.2, 0.25) is 5.91 Å². The number of nitrogens with zero attached hydrogens (tertiary/aromatic N) is 2. The predicted molar refractivity (Wildman–Crippen MR) is 99.0 cm³/mol. The molecule has 2 heterocycles. The number of benzene rings is 1. The van der Waals surface area contributed by atoms with Crippen molar-refractivity contribution in [2.24, 2.45) is 0 Å². The van der Waals surface area contributed by atoms with E-state index in [4.69, 9.17) is 9.47 Å². The summed E-state index contributed by atoms with van der Waals surface area (Å²) in [6, 6.07) is 6.28. The van der Waals surface area contributed by atoms with Crippen molar-refractivity contribution in [2.75, 3.05) is 40.4 Å². The SMILES string of the molecule is COc1cc(/C=C\C(=O)N2CCC(N3CCCC3)CC2)cc(OC)c1. The third-order valence-corrected chi connectivity index (χ3v) is 5.23. The third kappa shape index (κ3) is 4.54. The number of methoxy groups -OCH3 is 2. The number of amides is 1. The Balaban J connectivity index is 1.56. The van der Waals surface area contributed by atoms with Crippen LogP contribution in [-0.4, -0.2) is 62.1 Å². The molecule has 0 unspecified atom stereocenters. The van der Waals surface area contributed by atoms with Crippen LogP contribution in [0, 0.1) is 0 Å². The number of rotatable bonds is 5. The van der Waals surface area contributed by atoms with E-state index < -0.39 is 0 Å². The van der Waals surface area contributed by atoms with Crippen molar-refractivity contribution in [3.05, 3.63) is 29.8 Å².